The lowest BCUT2D eigenvalue weighted by atomic mass is 10.0. The summed E-state index contributed by atoms with van der Waals surface area (Å²) in [7, 11) is 0. The fourth-order valence-electron chi connectivity index (χ4n) is 3.86. The third kappa shape index (κ3) is 4.59. The Kier molecular flexibility index (Phi) is 5.31. The molecule has 1 aliphatic carbocycles. The second-order valence-corrected chi connectivity index (χ2v) is 8.32. The van der Waals surface area contributed by atoms with Crippen LogP contribution in [0.3, 0.4) is 0 Å². The molecule has 3 fully saturated rings. The van der Waals surface area contributed by atoms with Crippen molar-refractivity contribution in [1.82, 2.24) is 20.9 Å². The maximum absolute atomic E-state index is 12.2. The SMILES string of the molecule is O=C(CCC1CNC(=O)C2CC(NC(=O)Nc3ccsc3)CN12)NC1CC1. The van der Waals surface area contributed by atoms with Gasteiger partial charge in [-0.2, -0.15) is 11.3 Å². The molecule has 3 heterocycles. The van der Waals surface area contributed by atoms with Crippen LogP contribution in [0.2, 0.25) is 0 Å². The Labute approximate surface area is 162 Å². The van der Waals surface area contributed by atoms with Crippen molar-refractivity contribution in [3.05, 3.63) is 16.8 Å². The number of carbonyl (C=O) groups excluding carboxylic acids is 3. The molecule has 2 aliphatic heterocycles. The number of piperazine rings is 1. The van der Waals surface area contributed by atoms with Crippen molar-refractivity contribution in [2.75, 3.05) is 18.4 Å². The molecule has 1 aromatic heterocycles. The van der Waals surface area contributed by atoms with Crippen LogP contribution in [-0.4, -0.2) is 60.0 Å². The summed E-state index contributed by atoms with van der Waals surface area (Å²) >= 11 is 1.52. The van der Waals surface area contributed by atoms with Crippen LogP contribution in [-0.2, 0) is 9.59 Å². The van der Waals surface area contributed by atoms with Gasteiger partial charge in [0.15, 0.2) is 0 Å². The number of amides is 4. The minimum absolute atomic E-state index is 0.0104. The quantitative estimate of drug-likeness (QED) is 0.578. The molecule has 1 saturated carbocycles. The number of thiophene rings is 1. The first kappa shape index (κ1) is 18.2. The van der Waals surface area contributed by atoms with Crippen molar-refractivity contribution < 1.29 is 14.4 Å². The Hall–Kier alpha value is -2.13. The van der Waals surface area contributed by atoms with Crippen LogP contribution >= 0.6 is 11.3 Å². The van der Waals surface area contributed by atoms with E-state index >= 15 is 0 Å². The summed E-state index contributed by atoms with van der Waals surface area (Å²) in [5, 5.41) is 15.5. The molecule has 27 heavy (non-hydrogen) atoms. The van der Waals surface area contributed by atoms with Gasteiger partial charge in [-0.05, 0) is 37.1 Å². The Morgan fingerprint density at radius 2 is 2.11 bits per heavy atom. The smallest absolute Gasteiger partial charge is 0.319 e. The monoisotopic (exact) mass is 391 g/mol. The molecule has 4 rings (SSSR count). The summed E-state index contributed by atoms with van der Waals surface area (Å²) in [5.41, 5.74) is 0.769. The summed E-state index contributed by atoms with van der Waals surface area (Å²) in [6.07, 6.45) is 3.94. The van der Waals surface area contributed by atoms with Crippen molar-refractivity contribution in [3.63, 3.8) is 0 Å². The molecule has 8 nitrogen and oxygen atoms in total. The van der Waals surface area contributed by atoms with Gasteiger partial charge in [-0.15, -0.1) is 0 Å². The Balaban J connectivity index is 1.29. The van der Waals surface area contributed by atoms with Gasteiger partial charge < -0.3 is 21.3 Å². The maximum atomic E-state index is 12.2. The fraction of sp³-hybridized carbons (Fsp3) is 0.611. The van der Waals surface area contributed by atoms with Gasteiger partial charge >= 0.3 is 6.03 Å². The molecule has 3 atom stereocenters. The molecule has 3 aliphatic rings. The van der Waals surface area contributed by atoms with E-state index in [9.17, 15) is 14.4 Å². The zero-order valence-corrected chi connectivity index (χ0v) is 15.9. The van der Waals surface area contributed by atoms with Crippen molar-refractivity contribution in [2.24, 2.45) is 0 Å². The molecule has 0 bridgehead atoms. The van der Waals surface area contributed by atoms with E-state index in [0.717, 1.165) is 18.5 Å². The predicted molar refractivity (Wildman–Crippen MR) is 103 cm³/mol. The Morgan fingerprint density at radius 1 is 1.26 bits per heavy atom. The molecule has 0 radical (unpaired) electrons. The van der Waals surface area contributed by atoms with E-state index in [2.05, 4.69) is 26.2 Å². The largest absolute Gasteiger partial charge is 0.353 e. The number of anilines is 1. The van der Waals surface area contributed by atoms with Crippen LogP contribution in [0.25, 0.3) is 0 Å². The lowest BCUT2D eigenvalue weighted by Gasteiger charge is -2.37. The summed E-state index contributed by atoms with van der Waals surface area (Å²) in [6, 6.07) is 1.78. The lowest BCUT2D eigenvalue weighted by molar-refractivity contribution is -0.129. The lowest BCUT2D eigenvalue weighted by Crippen LogP contribution is -2.58. The molecule has 1 aromatic rings. The third-order valence-electron chi connectivity index (χ3n) is 5.38. The highest BCUT2D eigenvalue weighted by Gasteiger charge is 2.43. The van der Waals surface area contributed by atoms with Crippen LogP contribution < -0.4 is 21.3 Å². The van der Waals surface area contributed by atoms with E-state index in [1.165, 1.54) is 11.3 Å². The molecule has 146 valence electrons. The van der Waals surface area contributed by atoms with Crippen molar-refractivity contribution in [3.8, 4) is 0 Å². The Morgan fingerprint density at radius 3 is 2.85 bits per heavy atom. The number of fused-ring (bicyclic) bond motifs is 1. The molecule has 2 saturated heterocycles. The second-order valence-electron chi connectivity index (χ2n) is 7.54. The first-order chi connectivity index (χ1) is 13.1. The highest BCUT2D eigenvalue weighted by atomic mass is 32.1. The van der Waals surface area contributed by atoms with Gasteiger partial charge in [0.05, 0.1) is 11.7 Å². The van der Waals surface area contributed by atoms with Gasteiger partial charge in [-0.25, -0.2) is 4.79 Å². The van der Waals surface area contributed by atoms with Crippen LogP contribution in [0.1, 0.15) is 32.1 Å². The van der Waals surface area contributed by atoms with Crippen molar-refractivity contribution >= 4 is 34.9 Å². The zero-order valence-electron chi connectivity index (χ0n) is 15.1. The average molecular weight is 391 g/mol. The zero-order chi connectivity index (χ0) is 18.8. The fourth-order valence-corrected chi connectivity index (χ4v) is 4.45. The van der Waals surface area contributed by atoms with Crippen LogP contribution in [0.15, 0.2) is 16.8 Å². The van der Waals surface area contributed by atoms with Gasteiger partial charge in [-0.3, -0.25) is 14.5 Å². The van der Waals surface area contributed by atoms with E-state index in [4.69, 9.17) is 0 Å². The van der Waals surface area contributed by atoms with Gasteiger partial charge in [0.25, 0.3) is 0 Å². The number of hydrogen-bond acceptors (Lipinski definition) is 5. The standard InChI is InChI=1S/C18H25N5O3S/c24-16(20-11-1-2-11)4-3-14-8-19-17(25)15-7-13(9-23(14)15)22-18(26)21-12-5-6-27-10-12/h5-6,10-11,13-15H,1-4,7-9H2,(H,19,25)(H,20,24)(H2,21,22,26). The van der Waals surface area contributed by atoms with E-state index in [1.54, 1.807) is 0 Å². The molecule has 0 aromatic carbocycles. The minimum Gasteiger partial charge on any atom is -0.353 e. The summed E-state index contributed by atoms with van der Waals surface area (Å²) < 4.78 is 0. The number of urea groups is 1. The number of carbonyl (C=O) groups is 3. The summed E-state index contributed by atoms with van der Waals surface area (Å²) in [4.78, 5) is 38.5. The first-order valence-electron chi connectivity index (χ1n) is 9.51. The number of nitrogens with one attached hydrogen (secondary N) is 4. The van der Waals surface area contributed by atoms with Gasteiger partial charge in [0.2, 0.25) is 11.8 Å². The Bertz CT molecular complexity index is 706. The van der Waals surface area contributed by atoms with E-state index in [-0.39, 0.29) is 36.0 Å². The van der Waals surface area contributed by atoms with Crippen LogP contribution in [0.5, 0.6) is 0 Å². The minimum atomic E-state index is -0.251. The van der Waals surface area contributed by atoms with Crippen molar-refractivity contribution in [1.29, 1.82) is 0 Å². The van der Waals surface area contributed by atoms with Gasteiger partial charge in [0, 0.05) is 43.0 Å². The molecule has 4 amide bonds. The van der Waals surface area contributed by atoms with E-state index < -0.39 is 0 Å². The van der Waals surface area contributed by atoms with Crippen LogP contribution in [0, 0.1) is 0 Å². The normalized spacial score (nSPS) is 27.6. The maximum Gasteiger partial charge on any atom is 0.319 e. The van der Waals surface area contributed by atoms with Gasteiger partial charge in [0.1, 0.15) is 0 Å². The molecule has 3 unspecified atom stereocenters. The molecule has 0 spiro atoms. The summed E-state index contributed by atoms with van der Waals surface area (Å²) in [5.74, 6) is 0.103. The summed E-state index contributed by atoms with van der Waals surface area (Å²) in [6.45, 7) is 1.18. The number of hydrogen-bond donors (Lipinski definition) is 4. The topological polar surface area (TPSA) is 103 Å². The molecule has 9 heteroatoms. The van der Waals surface area contributed by atoms with Crippen LogP contribution in [0.4, 0.5) is 10.5 Å². The molecule has 4 N–H and O–H groups in total. The number of nitrogens with zero attached hydrogens (tertiary/aromatic N) is 1. The highest BCUT2D eigenvalue weighted by Crippen LogP contribution is 2.26. The second kappa shape index (κ2) is 7.85. The highest BCUT2D eigenvalue weighted by molar-refractivity contribution is 7.08. The predicted octanol–water partition coefficient (Wildman–Crippen LogP) is 0.870. The first-order valence-corrected chi connectivity index (χ1v) is 10.5. The van der Waals surface area contributed by atoms with E-state index in [1.807, 2.05) is 16.8 Å². The van der Waals surface area contributed by atoms with E-state index in [0.29, 0.717) is 38.4 Å². The molecular formula is C18H25N5O3S. The average Bonchev–Trinajstić information content (AvgIpc) is 3.11. The van der Waals surface area contributed by atoms with Gasteiger partial charge in [-0.1, -0.05) is 0 Å². The number of rotatable bonds is 6. The van der Waals surface area contributed by atoms with Crippen molar-refractivity contribution in [2.45, 2.75) is 56.3 Å². The molecular weight excluding hydrogens is 366 g/mol. The third-order valence-corrected chi connectivity index (χ3v) is 6.07.